The van der Waals surface area contributed by atoms with Crippen LogP contribution in [0.25, 0.3) is 12.2 Å². The normalized spacial score (nSPS) is 19.9. The molecule has 0 saturated heterocycles. The summed E-state index contributed by atoms with van der Waals surface area (Å²) < 4.78 is 4.37. The Hall–Kier alpha value is -1.72. The molecule has 0 aliphatic heterocycles. The highest BCUT2D eigenvalue weighted by Gasteiger charge is 2.42. The van der Waals surface area contributed by atoms with E-state index in [1.807, 2.05) is 0 Å². The molecule has 0 aromatic heterocycles. The highest BCUT2D eigenvalue weighted by Crippen LogP contribution is 2.58. The summed E-state index contributed by atoms with van der Waals surface area (Å²) in [6.45, 7) is 0. The maximum atomic E-state index is 3.60. The van der Waals surface area contributed by atoms with E-state index < -0.39 is 0 Å². The lowest BCUT2D eigenvalue weighted by atomic mass is 9.59. The van der Waals surface area contributed by atoms with Crippen molar-refractivity contribution in [3.63, 3.8) is 0 Å². The summed E-state index contributed by atoms with van der Waals surface area (Å²) in [5, 5.41) is 0. The first-order valence-corrected chi connectivity index (χ1v) is 14.1. The molecule has 34 heavy (non-hydrogen) atoms. The maximum absolute atomic E-state index is 3.60. The van der Waals surface area contributed by atoms with E-state index in [2.05, 4.69) is 173 Å². The van der Waals surface area contributed by atoms with E-state index in [0.29, 0.717) is 0 Å². The van der Waals surface area contributed by atoms with E-state index in [4.69, 9.17) is 0 Å². The summed E-state index contributed by atoms with van der Waals surface area (Å²) in [6.07, 6.45) is 4.69. The van der Waals surface area contributed by atoms with Crippen LogP contribution in [0.5, 0.6) is 0 Å². The fourth-order valence-corrected chi connectivity index (χ4v) is 5.59. The molecule has 0 radical (unpaired) electrons. The van der Waals surface area contributed by atoms with E-state index >= 15 is 0 Å². The second-order valence-electron chi connectivity index (χ2n) is 8.36. The Labute approximate surface area is 234 Å². The van der Waals surface area contributed by atoms with Crippen LogP contribution in [0.3, 0.4) is 0 Å². The highest BCUT2D eigenvalue weighted by atomic mass is 79.9. The number of hydrogen-bond donors (Lipinski definition) is 0. The third kappa shape index (κ3) is 5.26. The molecule has 1 saturated carbocycles. The van der Waals surface area contributed by atoms with Crippen LogP contribution in [-0.4, -0.2) is 0 Å². The lowest BCUT2D eigenvalue weighted by molar-refractivity contribution is 0.596. The number of allylic oxidation sites excluding steroid dienone is 2. The van der Waals surface area contributed by atoms with Gasteiger partial charge in [0.15, 0.2) is 0 Å². The monoisotopic (exact) mass is 696 g/mol. The molecule has 4 aromatic rings. The van der Waals surface area contributed by atoms with E-state index in [9.17, 15) is 0 Å². The molecule has 0 nitrogen and oxygen atoms in total. The van der Waals surface area contributed by atoms with Gasteiger partial charge in [-0.25, -0.2) is 0 Å². The van der Waals surface area contributed by atoms with Crippen molar-refractivity contribution >= 4 is 75.9 Å². The SMILES string of the molecule is Brc1ccc(/C=C2/C(=C/c3ccc(Br)cc3)[C@H](c3ccc(Br)cc3)[C@H]2c2ccc(Br)cc2)cc1. The smallest absolute Gasteiger partial charge is 0.0202 e. The van der Waals surface area contributed by atoms with Gasteiger partial charge >= 0.3 is 0 Å². The molecule has 168 valence electrons. The molecule has 2 atom stereocenters. The first-order valence-electron chi connectivity index (χ1n) is 10.9. The van der Waals surface area contributed by atoms with Crippen LogP contribution in [0.15, 0.2) is 126 Å². The summed E-state index contributed by atoms with van der Waals surface area (Å²) in [5.41, 5.74) is 7.79. The average Bonchev–Trinajstić information content (AvgIpc) is 2.84. The van der Waals surface area contributed by atoms with Crippen molar-refractivity contribution in [3.8, 4) is 0 Å². The van der Waals surface area contributed by atoms with Crippen molar-refractivity contribution in [2.24, 2.45) is 0 Å². The van der Waals surface area contributed by atoms with Crippen LogP contribution in [0, 0.1) is 0 Å². The van der Waals surface area contributed by atoms with Crippen LogP contribution in [0.2, 0.25) is 0 Å². The van der Waals surface area contributed by atoms with Crippen molar-refractivity contribution in [1.82, 2.24) is 0 Å². The minimum absolute atomic E-state index is 0.277. The second kappa shape index (κ2) is 10.5. The number of rotatable bonds is 4. The molecular weight excluding hydrogens is 680 g/mol. The van der Waals surface area contributed by atoms with Crippen LogP contribution in [0.1, 0.15) is 34.1 Å². The van der Waals surface area contributed by atoms with Gasteiger partial charge < -0.3 is 0 Å². The van der Waals surface area contributed by atoms with Crippen LogP contribution in [0.4, 0.5) is 0 Å². The first kappa shape index (κ1) is 24.0. The Kier molecular flexibility index (Phi) is 7.41. The Morgan fingerprint density at radius 2 is 0.647 bits per heavy atom. The molecule has 1 fully saturated rings. The van der Waals surface area contributed by atoms with Crippen LogP contribution in [-0.2, 0) is 0 Å². The summed E-state index contributed by atoms with van der Waals surface area (Å²) in [4.78, 5) is 0. The van der Waals surface area contributed by atoms with Gasteiger partial charge in [-0.15, -0.1) is 0 Å². The molecule has 1 aliphatic rings. The Balaban J connectivity index is 1.68. The molecule has 4 aromatic carbocycles. The van der Waals surface area contributed by atoms with E-state index in [1.54, 1.807) is 0 Å². The second-order valence-corrected chi connectivity index (χ2v) is 12.0. The van der Waals surface area contributed by atoms with Gasteiger partial charge in [-0.3, -0.25) is 0 Å². The Bertz CT molecular complexity index is 1240. The van der Waals surface area contributed by atoms with Gasteiger partial charge in [0.25, 0.3) is 0 Å². The zero-order valence-corrected chi connectivity index (χ0v) is 24.4. The molecule has 0 amide bonds. The number of hydrogen-bond acceptors (Lipinski definition) is 0. The Morgan fingerprint density at radius 3 is 0.941 bits per heavy atom. The average molecular weight is 700 g/mol. The van der Waals surface area contributed by atoms with Gasteiger partial charge in [0, 0.05) is 29.7 Å². The zero-order valence-electron chi connectivity index (χ0n) is 18.1. The van der Waals surface area contributed by atoms with Gasteiger partial charge in [0.05, 0.1) is 0 Å². The van der Waals surface area contributed by atoms with Gasteiger partial charge in [-0.05, 0) is 81.9 Å². The highest BCUT2D eigenvalue weighted by molar-refractivity contribution is 9.11. The van der Waals surface area contributed by atoms with Crippen LogP contribution >= 0.6 is 63.7 Å². The van der Waals surface area contributed by atoms with Gasteiger partial charge in [0.1, 0.15) is 0 Å². The molecule has 5 rings (SSSR count). The van der Waals surface area contributed by atoms with Crippen molar-refractivity contribution in [1.29, 1.82) is 0 Å². The predicted octanol–water partition coefficient (Wildman–Crippen LogP) is 10.8. The molecular formula is C30H20Br4. The van der Waals surface area contributed by atoms with Crippen molar-refractivity contribution in [2.45, 2.75) is 11.8 Å². The fraction of sp³-hybridized carbons (Fsp3) is 0.0667. The van der Waals surface area contributed by atoms with E-state index in [0.717, 1.165) is 17.9 Å². The third-order valence-corrected chi connectivity index (χ3v) is 8.29. The molecule has 1 aliphatic carbocycles. The van der Waals surface area contributed by atoms with Gasteiger partial charge in [0.2, 0.25) is 0 Å². The summed E-state index contributed by atoms with van der Waals surface area (Å²) in [5.74, 6) is 0.555. The lowest BCUT2D eigenvalue weighted by Gasteiger charge is -2.44. The Morgan fingerprint density at radius 1 is 0.382 bits per heavy atom. The van der Waals surface area contributed by atoms with Crippen molar-refractivity contribution in [2.75, 3.05) is 0 Å². The lowest BCUT2D eigenvalue weighted by Crippen LogP contribution is -2.28. The van der Waals surface area contributed by atoms with Crippen molar-refractivity contribution in [3.05, 3.63) is 148 Å². The van der Waals surface area contributed by atoms with Gasteiger partial charge in [-0.2, -0.15) is 0 Å². The van der Waals surface area contributed by atoms with E-state index in [-0.39, 0.29) is 11.8 Å². The number of halogens is 4. The molecule has 0 heterocycles. The topological polar surface area (TPSA) is 0 Å². The van der Waals surface area contributed by atoms with Crippen molar-refractivity contribution < 1.29 is 0 Å². The number of benzene rings is 4. The predicted molar refractivity (Wildman–Crippen MR) is 158 cm³/mol. The quantitative estimate of drug-likeness (QED) is 0.199. The third-order valence-electron chi connectivity index (χ3n) is 6.18. The molecule has 0 N–H and O–H groups in total. The summed E-state index contributed by atoms with van der Waals surface area (Å²) in [7, 11) is 0. The maximum Gasteiger partial charge on any atom is 0.0202 e. The standard InChI is InChI=1S/C30H20Br4/c31-23-9-1-19(2-10-23)17-27-28(18-20-3-11-24(32)12-4-20)30(22-7-15-26(34)16-8-22)29(27)21-5-13-25(33)14-6-21/h1-18,29-30H/b27-17-,28-18-/t29-,30-/m0/s1. The first-order chi connectivity index (χ1) is 16.5. The zero-order chi connectivity index (χ0) is 23.7. The summed E-state index contributed by atoms with van der Waals surface area (Å²) >= 11 is 14.3. The molecule has 4 heteroatoms. The van der Waals surface area contributed by atoms with E-state index in [1.165, 1.54) is 33.4 Å². The minimum atomic E-state index is 0.277. The molecule has 0 spiro atoms. The fourth-order valence-electron chi connectivity index (χ4n) is 4.53. The van der Waals surface area contributed by atoms with Crippen LogP contribution < -0.4 is 0 Å². The molecule has 0 bridgehead atoms. The molecule has 0 unspecified atom stereocenters. The minimum Gasteiger partial charge on any atom is -0.0573 e. The van der Waals surface area contributed by atoms with Gasteiger partial charge in [-0.1, -0.05) is 124 Å². The largest absolute Gasteiger partial charge is 0.0573 e. The summed E-state index contributed by atoms with van der Waals surface area (Å²) in [6, 6.07) is 34.6.